The van der Waals surface area contributed by atoms with Crippen LogP contribution >= 0.6 is 15.9 Å². The van der Waals surface area contributed by atoms with Crippen LogP contribution in [0.4, 0.5) is 10.7 Å². The maximum absolute atomic E-state index is 12.1. The highest BCUT2D eigenvalue weighted by Gasteiger charge is 2.34. The summed E-state index contributed by atoms with van der Waals surface area (Å²) in [5, 5.41) is 11.1. The molecule has 136 valence electrons. The molecular formula is C16H23BrN6O2. The van der Waals surface area contributed by atoms with Gasteiger partial charge in [0.2, 0.25) is 5.95 Å². The Morgan fingerprint density at radius 2 is 2.04 bits per heavy atom. The van der Waals surface area contributed by atoms with E-state index in [1.165, 1.54) is 0 Å². The second kappa shape index (κ2) is 6.44. The Hall–Kier alpha value is -1.90. The summed E-state index contributed by atoms with van der Waals surface area (Å²) in [6.07, 6.45) is 4.63. The second-order valence-electron chi connectivity index (χ2n) is 7.61. The standard InChI is InChI=1S/C16H23BrN6O2/c1-15(2,3)25-14(24)20-16(4)5-7-22(8-6-16)13-18-9-11(17)12-21-19-10-23(12)13/h9-10H,5-8H2,1-4H3,(H,20,24). The number of carbonyl (C=O) groups excluding carboxylic acids is 1. The van der Waals surface area contributed by atoms with E-state index >= 15 is 0 Å². The molecule has 1 amide bonds. The fourth-order valence-corrected chi connectivity index (χ4v) is 3.26. The zero-order valence-corrected chi connectivity index (χ0v) is 16.5. The molecule has 0 spiro atoms. The van der Waals surface area contributed by atoms with Crippen molar-refractivity contribution in [2.45, 2.75) is 51.7 Å². The van der Waals surface area contributed by atoms with E-state index in [4.69, 9.17) is 4.74 Å². The van der Waals surface area contributed by atoms with E-state index in [0.29, 0.717) is 0 Å². The van der Waals surface area contributed by atoms with Crippen molar-refractivity contribution in [1.82, 2.24) is 24.9 Å². The lowest BCUT2D eigenvalue weighted by molar-refractivity contribution is 0.0448. The lowest BCUT2D eigenvalue weighted by Crippen LogP contribution is -2.54. The highest BCUT2D eigenvalue weighted by Crippen LogP contribution is 2.27. The first-order chi connectivity index (χ1) is 11.7. The van der Waals surface area contributed by atoms with Crippen LogP contribution in [0.25, 0.3) is 5.65 Å². The summed E-state index contributed by atoms with van der Waals surface area (Å²) in [6.45, 7) is 9.18. The Bertz CT molecular complexity index is 777. The van der Waals surface area contributed by atoms with E-state index in [0.717, 1.165) is 42.0 Å². The summed E-state index contributed by atoms with van der Waals surface area (Å²) >= 11 is 3.44. The Labute approximate surface area is 155 Å². The normalized spacial score (nSPS) is 17.6. The number of halogens is 1. The molecule has 0 radical (unpaired) electrons. The van der Waals surface area contributed by atoms with Gasteiger partial charge < -0.3 is 15.0 Å². The average Bonchev–Trinajstić information content (AvgIpc) is 2.97. The van der Waals surface area contributed by atoms with Crippen LogP contribution in [0.15, 0.2) is 17.0 Å². The van der Waals surface area contributed by atoms with Gasteiger partial charge in [0.15, 0.2) is 5.65 Å². The van der Waals surface area contributed by atoms with Crippen LogP contribution in [0.3, 0.4) is 0 Å². The van der Waals surface area contributed by atoms with Crippen LogP contribution in [-0.4, -0.2) is 49.9 Å². The number of rotatable bonds is 2. The zero-order chi connectivity index (χ0) is 18.2. The largest absolute Gasteiger partial charge is 0.444 e. The van der Waals surface area contributed by atoms with Gasteiger partial charge in [-0.15, -0.1) is 10.2 Å². The third kappa shape index (κ3) is 4.02. The number of alkyl carbamates (subject to hydrolysis) is 1. The van der Waals surface area contributed by atoms with Crippen molar-refractivity contribution in [2.75, 3.05) is 18.0 Å². The minimum atomic E-state index is -0.498. The van der Waals surface area contributed by atoms with Crippen molar-refractivity contribution in [3.8, 4) is 0 Å². The van der Waals surface area contributed by atoms with Crippen LogP contribution in [0.5, 0.6) is 0 Å². The predicted octanol–water partition coefficient (Wildman–Crippen LogP) is 2.77. The molecule has 9 heteroatoms. The highest BCUT2D eigenvalue weighted by molar-refractivity contribution is 9.10. The lowest BCUT2D eigenvalue weighted by atomic mass is 9.90. The van der Waals surface area contributed by atoms with E-state index < -0.39 is 5.60 Å². The van der Waals surface area contributed by atoms with Crippen LogP contribution < -0.4 is 10.2 Å². The molecule has 1 fully saturated rings. The maximum atomic E-state index is 12.1. The van der Waals surface area contributed by atoms with Gasteiger partial charge in [-0.25, -0.2) is 14.2 Å². The van der Waals surface area contributed by atoms with Gasteiger partial charge in [-0.05, 0) is 56.5 Å². The lowest BCUT2D eigenvalue weighted by Gasteiger charge is -2.40. The SMILES string of the molecule is CC1(NC(=O)OC(C)(C)C)CCN(c2ncc(Br)c3nncn23)CC1. The van der Waals surface area contributed by atoms with Crippen molar-refractivity contribution in [3.63, 3.8) is 0 Å². The van der Waals surface area contributed by atoms with E-state index in [9.17, 15) is 4.79 Å². The maximum Gasteiger partial charge on any atom is 0.408 e. The van der Waals surface area contributed by atoms with Gasteiger partial charge in [-0.3, -0.25) is 0 Å². The minimum absolute atomic E-state index is 0.291. The summed E-state index contributed by atoms with van der Waals surface area (Å²) < 4.78 is 8.05. The van der Waals surface area contributed by atoms with Crippen molar-refractivity contribution in [2.24, 2.45) is 0 Å². The van der Waals surface area contributed by atoms with Crippen molar-refractivity contribution in [3.05, 3.63) is 17.0 Å². The van der Waals surface area contributed by atoms with Gasteiger partial charge in [0.25, 0.3) is 0 Å². The first-order valence-corrected chi connectivity index (χ1v) is 9.07. The van der Waals surface area contributed by atoms with E-state index in [1.807, 2.05) is 25.2 Å². The Kier molecular flexibility index (Phi) is 4.61. The first kappa shape index (κ1) is 17.9. The monoisotopic (exact) mass is 410 g/mol. The molecule has 0 atom stereocenters. The number of aromatic nitrogens is 4. The summed E-state index contributed by atoms with van der Waals surface area (Å²) in [5.41, 5.74) is -0.0477. The number of fused-ring (bicyclic) bond motifs is 1. The third-order valence-corrected chi connectivity index (χ3v) is 4.78. The summed E-state index contributed by atoms with van der Waals surface area (Å²) in [7, 11) is 0. The predicted molar refractivity (Wildman–Crippen MR) is 97.7 cm³/mol. The smallest absolute Gasteiger partial charge is 0.408 e. The fourth-order valence-electron chi connectivity index (χ4n) is 2.89. The van der Waals surface area contributed by atoms with Crippen molar-refractivity contribution < 1.29 is 9.53 Å². The first-order valence-electron chi connectivity index (χ1n) is 8.27. The molecule has 0 unspecified atom stereocenters. The molecule has 1 N–H and O–H groups in total. The summed E-state index contributed by atoms with van der Waals surface area (Å²) in [5.74, 6) is 0.808. The number of anilines is 1. The Morgan fingerprint density at radius 1 is 1.36 bits per heavy atom. The highest BCUT2D eigenvalue weighted by atomic mass is 79.9. The van der Waals surface area contributed by atoms with Gasteiger partial charge in [0.05, 0.1) is 4.47 Å². The number of carbonyl (C=O) groups is 1. The van der Waals surface area contributed by atoms with Gasteiger partial charge >= 0.3 is 6.09 Å². The molecule has 0 bridgehead atoms. The van der Waals surface area contributed by atoms with Gasteiger partial charge in [0.1, 0.15) is 11.9 Å². The van der Waals surface area contributed by atoms with Crippen LogP contribution in [0.2, 0.25) is 0 Å². The molecule has 1 aliphatic rings. The molecule has 0 saturated carbocycles. The van der Waals surface area contributed by atoms with Crippen LogP contribution in [0, 0.1) is 0 Å². The van der Waals surface area contributed by atoms with Gasteiger partial charge in [-0.1, -0.05) is 0 Å². The molecule has 1 aliphatic heterocycles. The summed E-state index contributed by atoms with van der Waals surface area (Å²) in [6, 6.07) is 0. The Balaban J connectivity index is 1.68. The molecule has 25 heavy (non-hydrogen) atoms. The molecule has 1 saturated heterocycles. The topological polar surface area (TPSA) is 84.6 Å². The molecule has 0 aliphatic carbocycles. The number of nitrogens with zero attached hydrogens (tertiary/aromatic N) is 5. The number of nitrogens with one attached hydrogen (secondary N) is 1. The van der Waals surface area contributed by atoms with E-state index in [-0.39, 0.29) is 11.6 Å². The number of piperidine rings is 1. The molecule has 3 rings (SSSR count). The van der Waals surface area contributed by atoms with E-state index in [1.54, 1.807) is 12.5 Å². The molecule has 0 aromatic carbocycles. The average molecular weight is 411 g/mol. The molecular weight excluding hydrogens is 388 g/mol. The number of amides is 1. The van der Waals surface area contributed by atoms with Gasteiger partial charge in [-0.2, -0.15) is 0 Å². The number of ether oxygens (including phenoxy) is 1. The molecule has 2 aromatic rings. The molecule has 2 aromatic heterocycles. The number of hydrogen-bond donors (Lipinski definition) is 1. The third-order valence-electron chi connectivity index (χ3n) is 4.22. The Morgan fingerprint density at radius 3 is 2.68 bits per heavy atom. The van der Waals surface area contributed by atoms with E-state index in [2.05, 4.69) is 48.3 Å². The minimum Gasteiger partial charge on any atom is -0.444 e. The van der Waals surface area contributed by atoms with Crippen molar-refractivity contribution in [1.29, 1.82) is 0 Å². The van der Waals surface area contributed by atoms with Crippen molar-refractivity contribution >= 4 is 33.6 Å². The van der Waals surface area contributed by atoms with Gasteiger partial charge in [0, 0.05) is 24.8 Å². The molecule has 3 heterocycles. The fraction of sp³-hybridized carbons (Fsp3) is 0.625. The number of hydrogen-bond acceptors (Lipinski definition) is 6. The molecule has 8 nitrogen and oxygen atoms in total. The summed E-state index contributed by atoms with van der Waals surface area (Å²) in [4.78, 5) is 18.8. The van der Waals surface area contributed by atoms with Crippen LogP contribution in [0.1, 0.15) is 40.5 Å². The second-order valence-corrected chi connectivity index (χ2v) is 8.46. The quantitative estimate of drug-likeness (QED) is 0.818. The van der Waals surface area contributed by atoms with Crippen LogP contribution in [-0.2, 0) is 4.74 Å². The zero-order valence-electron chi connectivity index (χ0n) is 14.9.